The van der Waals surface area contributed by atoms with Crippen LogP contribution in [0.2, 0.25) is 5.02 Å². The van der Waals surface area contributed by atoms with Crippen LogP contribution in [-0.4, -0.2) is 4.98 Å². The standard InChI is InChI=1S/C20H15ClN2OS/c1-14-13-25-20(23-14)17(11-22)10-15-4-8-19(9-5-15)24-12-16-2-6-18(21)7-3-16/h2-10,13H,12H2,1H3/b17-10+. The molecule has 0 unspecified atom stereocenters. The number of halogens is 1. The number of ether oxygens (including phenoxy) is 1. The molecule has 0 atom stereocenters. The van der Waals surface area contributed by atoms with Gasteiger partial charge in [0.2, 0.25) is 0 Å². The monoisotopic (exact) mass is 366 g/mol. The number of nitrogens with zero attached hydrogens (tertiary/aromatic N) is 2. The first-order valence-electron chi connectivity index (χ1n) is 7.65. The molecule has 0 aliphatic heterocycles. The summed E-state index contributed by atoms with van der Waals surface area (Å²) < 4.78 is 5.77. The van der Waals surface area contributed by atoms with Gasteiger partial charge in [0.15, 0.2) is 0 Å². The number of thiazole rings is 1. The van der Waals surface area contributed by atoms with Gasteiger partial charge in [0.1, 0.15) is 23.4 Å². The Morgan fingerprint density at radius 3 is 2.52 bits per heavy atom. The summed E-state index contributed by atoms with van der Waals surface area (Å²) in [6, 6.07) is 17.4. The lowest BCUT2D eigenvalue weighted by molar-refractivity contribution is 0.306. The van der Waals surface area contributed by atoms with Crippen molar-refractivity contribution in [3.8, 4) is 11.8 Å². The lowest BCUT2D eigenvalue weighted by atomic mass is 10.1. The third-order valence-electron chi connectivity index (χ3n) is 3.48. The number of aryl methyl sites for hydroxylation is 1. The molecule has 0 fully saturated rings. The Labute approximate surface area is 155 Å². The van der Waals surface area contributed by atoms with Crippen LogP contribution in [0.15, 0.2) is 53.9 Å². The third-order valence-corrected chi connectivity index (χ3v) is 4.73. The summed E-state index contributed by atoms with van der Waals surface area (Å²) in [5.74, 6) is 0.774. The highest BCUT2D eigenvalue weighted by Gasteiger charge is 2.05. The summed E-state index contributed by atoms with van der Waals surface area (Å²) >= 11 is 7.35. The quantitative estimate of drug-likeness (QED) is 0.540. The van der Waals surface area contributed by atoms with Crippen LogP contribution in [0.25, 0.3) is 11.6 Å². The Hall–Kier alpha value is -2.61. The van der Waals surface area contributed by atoms with Crippen LogP contribution in [0.5, 0.6) is 5.75 Å². The maximum Gasteiger partial charge on any atom is 0.134 e. The van der Waals surface area contributed by atoms with Gasteiger partial charge < -0.3 is 4.74 Å². The maximum absolute atomic E-state index is 9.35. The number of hydrogen-bond donors (Lipinski definition) is 0. The summed E-state index contributed by atoms with van der Waals surface area (Å²) in [5.41, 5.74) is 3.47. The second kappa shape index (κ2) is 7.98. The molecule has 1 aromatic heterocycles. The highest BCUT2D eigenvalue weighted by Crippen LogP contribution is 2.23. The third kappa shape index (κ3) is 4.69. The van der Waals surface area contributed by atoms with Gasteiger partial charge >= 0.3 is 0 Å². The van der Waals surface area contributed by atoms with Crippen LogP contribution >= 0.6 is 22.9 Å². The first kappa shape index (κ1) is 17.2. The highest BCUT2D eigenvalue weighted by molar-refractivity contribution is 7.11. The van der Waals surface area contributed by atoms with Gasteiger partial charge in [-0.15, -0.1) is 11.3 Å². The van der Waals surface area contributed by atoms with Crippen LogP contribution in [0.3, 0.4) is 0 Å². The Kier molecular flexibility index (Phi) is 5.49. The molecule has 0 spiro atoms. The lowest BCUT2D eigenvalue weighted by Gasteiger charge is -2.06. The van der Waals surface area contributed by atoms with Crippen molar-refractivity contribution in [1.29, 1.82) is 5.26 Å². The molecule has 2 aromatic carbocycles. The molecular formula is C20H15ClN2OS. The van der Waals surface area contributed by atoms with Crippen LogP contribution in [0.4, 0.5) is 0 Å². The maximum atomic E-state index is 9.35. The van der Waals surface area contributed by atoms with E-state index in [-0.39, 0.29) is 0 Å². The van der Waals surface area contributed by atoms with Crippen LogP contribution < -0.4 is 4.74 Å². The fourth-order valence-electron chi connectivity index (χ4n) is 2.19. The molecule has 0 saturated heterocycles. The Morgan fingerprint density at radius 2 is 1.92 bits per heavy atom. The number of nitriles is 1. The van der Waals surface area contributed by atoms with Gasteiger partial charge in [-0.05, 0) is 48.4 Å². The largest absolute Gasteiger partial charge is 0.489 e. The van der Waals surface area contributed by atoms with Gasteiger partial charge in [-0.1, -0.05) is 35.9 Å². The topological polar surface area (TPSA) is 45.9 Å². The van der Waals surface area contributed by atoms with Crippen molar-refractivity contribution in [1.82, 2.24) is 4.98 Å². The van der Waals surface area contributed by atoms with Gasteiger partial charge in [-0.3, -0.25) is 0 Å². The number of hydrogen-bond acceptors (Lipinski definition) is 4. The summed E-state index contributed by atoms with van der Waals surface area (Å²) in [5, 5.41) is 12.7. The van der Waals surface area contributed by atoms with Crippen LogP contribution in [0.1, 0.15) is 21.8 Å². The van der Waals surface area contributed by atoms with E-state index >= 15 is 0 Å². The van der Waals surface area contributed by atoms with Gasteiger partial charge in [-0.25, -0.2) is 4.98 Å². The molecule has 0 saturated carbocycles. The molecule has 25 heavy (non-hydrogen) atoms. The zero-order valence-corrected chi connectivity index (χ0v) is 15.1. The van der Waals surface area contributed by atoms with Crippen molar-refractivity contribution in [3.63, 3.8) is 0 Å². The molecule has 5 heteroatoms. The fraction of sp³-hybridized carbons (Fsp3) is 0.100. The minimum absolute atomic E-state index is 0.480. The molecule has 0 aliphatic rings. The molecular weight excluding hydrogens is 352 g/mol. The summed E-state index contributed by atoms with van der Waals surface area (Å²) in [7, 11) is 0. The fourth-order valence-corrected chi connectivity index (χ4v) is 3.08. The Bertz CT molecular complexity index is 922. The first-order valence-corrected chi connectivity index (χ1v) is 8.91. The van der Waals surface area contributed by atoms with Gasteiger partial charge in [0.05, 0.1) is 5.57 Å². The molecule has 0 amide bonds. The van der Waals surface area contributed by atoms with E-state index in [0.29, 0.717) is 17.2 Å². The molecule has 124 valence electrons. The second-order valence-corrected chi connectivity index (χ2v) is 6.74. The van der Waals surface area contributed by atoms with Crippen molar-refractivity contribution in [2.24, 2.45) is 0 Å². The van der Waals surface area contributed by atoms with Crippen molar-refractivity contribution >= 4 is 34.6 Å². The molecule has 0 bridgehead atoms. The van der Waals surface area contributed by atoms with Crippen molar-refractivity contribution in [2.45, 2.75) is 13.5 Å². The molecule has 1 heterocycles. The summed E-state index contributed by atoms with van der Waals surface area (Å²) in [4.78, 5) is 4.36. The zero-order chi connectivity index (χ0) is 17.6. The number of aromatic nitrogens is 1. The molecule has 3 rings (SSSR count). The second-order valence-electron chi connectivity index (χ2n) is 5.45. The van der Waals surface area contributed by atoms with E-state index in [0.717, 1.165) is 27.6 Å². The molecule has 0 aliphatic carbocycles. The molecule has 3 aromatic rings. The van der Waals surface area contributed by atoms with Gasteiger partial charge in [-0.2, -0.15) is 5.26 Å². The minimum atomic E-state index is 0.480. The van der Waals surface area contributed by atoms with E-state index in [2.05, 4.69) is 11.1 Å². The van der Waals surface area contributed by atoms with E-state index in [9.17, 15) is 5.26 Å². The predicted octanol–water partition coefficient (Wildman–Crippen LogP) is 5.75. The smallest absolute Gasteiger partial charge is 0.134 e. The van der Waals surface area contributed by atoms with Crippen molar-refractivity contribution < 1.29 is 4.74 Å². The first-order chi connectivity index (χ1) is 12.1. The summed E-state index contributed by atoms with van der Waals surface area (Å²) in [6.45, 7) is 2.40. The SMILES string of the molecule is Cc1csc(/C(C#N)=C/c2ccc(OCc3ccc(Cl)cc3)cc2)n1. The van der Waals surface area contributed by atoms with Crippen LogP contribution in [0, 0.1) is 18.3 Å². The molecule has 0 radical (unpaired) electrons. The van der Waals surface area contributed by atoms with Gasteiger partial charge in [0.25, 0.3) is 0 Å². The average Bonchev–Trinajstić information content (AvgIpc) is 3.06. The number of allylic oxidation sites excluding steroid dienone is 1. The van der Waals surface area contributed by atoms with Crippen molar-refractivity contribution in [2.75, 3.05) is 0 Å². The molecule has 0 N–H and O–H groups in total. The predicted molar refractivity (Wildman–Crippen MR) is 103 cm³/mol. The number of rotatable bonds is 5. The highest BCUT2D eigenvalue weighted by atomic mass is 35.5. The number of benzene rings is 2. The Morgan fingerprint density at radius 1 is 1.20 bits per heavy atom. The van der Waals surface area contributed by atoms with Crippen molar-refractivity contribution in [3.05, 3.63) is 80.8 Å². The Balaban J connectivity index is 1.68. The van der Waals surface area contributed by atoms with E-state index in [1.807, 2.05) is 66.9 Å². The van der Waals surface area contributed by atoms with E-state index in [4.69, 9.17) is 16.3 Å². The summed E-state index contributed by atoms with van der Waals surface area (Å²) in [6.07, 6.45) is 1.83. The molecule has 3 nitrogen and oxygen atoms in total. The zero-order valence-electron chi connectivity index (χ0n) is 13.6. The van der Waals surface area contributed by atoms with E-state index < -0.39 is 0 Å². The van der Waals surface area contributed by atoms with Gasteiger partial charge in [0, 0.05) is 16.1 Å². The van der Waals surface area contributed by atoms with E-state index in [1.54, 1.807) is 0 Å². The van der Waals surface area contributed by atoms with Crippen LogP contribution in [-0.2, 0) is 6.61 Å². The average molecular weight is 367 g/mol. The van der Waals surface area contributed by atoms with E-state index in [1.165, 1.54) is 11.3 Å². The lowest BCUT2D eigenvalue weighted by Crippen LogP contribution is -1.94. The minimum Gasteiger partial charge on any atom is -0.489 e. The normalized spacial score (nSPS) is 11.2.